The Hall–Kier alpha value is -0.0800. The summed E-state index contributed by atoms with van der Waals surface area (Å²) in [7, 11) is 0. The van der Waals surface area contributed by atoms with Gasteiger partial charge >= 0.3 is 0 Å². The minimum absolute atomic E-state index is 0.612. The first kappa shape index (κ1) is 9.01. The van der Waals surface area contributed by atoms with Crippen molar-refractivity contribution >= 4 is 0 Å². The SMILES string of the molecule is CC(CCN)NCC1CCC1. The molecule has 2 nitrogen and oxygen atoms in total. The maximum absolute atomic E-state index is 5.44. The molecule has 0 bridgehead atoms. The van der Waals surface area contributed by atoms with Gasteiger partial charge in [0.2, 0.25) is 0 Å². The first-order valence-corrected chi connectivity index (χ1v) is 4.76. The standard InChI is InChI=1S/C9H20N2/c1-8(5-6-10)11-7-9-3-2-4-9/h8-9,11H,2-7,10H2,1H3. The summed E-state index contributed by atoms with van der Waals surface area (Å²) in [6.07, 6.45) is 5.41. The highest BCUT2D eigenvalue weighted by atomic mass is 14.9. The summed E-state index contributed by atoms with van der Waals surface area (Å²) in [6, 6.07) is 0.612. The minimum atomic E-state index is 0.612. The molecule has 1 fully saturated rings. The van der Waals surface area contributed by atoms with Crippen molar-refractivity contribution in [1.82, 2.24) is 5.32 Å². The molecule has 1 rings (SSSR count). The highest BCUT2D eigenvalue weighted by molar-refractivity contribution is 4.73. The van der Waals surface area contributed by atoms with Gasteiger partial charge in [-0.3, -0.25) is 0 Å². The van der Waals surface area contributed by atoms with Crippen molar-refractivity contribution in [3.05, 3.63) is 0 Å². The number of nitrogens with one attached hydrogen (secondary N) is 1. The van der Waals surface area contributed by atoms with Crippen LogP contribution >= 0.6 is 0 Å². The van der Waals surface area contributed by atoms with Gasteiger partial charge in [0, 0.05) is 6.04 Å². The lowest BCUT2D eigenvalue weighted by Gasteiger charge is -2.27. The summed E-state index contributed by atoms with van der Waals surface area (Å²) < 4.78 is 0. The quantitative estimate of drug-likeness (QED) is 0.626. The number of nitrogens with two attached hydrogens (primary N) is 1. The van der Waals surface area contributed by atoms with Gasteiger partial charge in [0.25, 0.3) is 0 Å². The zero-order valence-corrected chi connectivity index (χ0v) is 7.47. The Labute approximate surface area is 69.5 Å². The van der Waals surface area contributed by atoms with E-state index in [1.807, 2.05) is 0 Å². The lowest BCUT2D eigenvalue weighted by Crippen LogP contribution is -2.34. The van der Waals surface area contributed by atoms with Crippen LogP contribution in [-0.4, -0.2) is 19.1 Å². The summed E-state index contributed by atoms with van der Waals surface area (Å²) in [6.45, 7) is 4.23. The molecule has 1 aliphatic rings. The molecule has 2 heteroatoms. The predicted molar refractivity (Wildman–Crippen MR) is 48.5 cm³/mol. The van der Waals surface area contributed by atoms with E-state index < -0.39 is 0 Å². The predicted octanol–water partition coefficient (Wildman–Crippen LogP) is 1.11. The van der Waals surface area contributed by atoms with Gasteiger partial charge in [0.15, 0.2) is 0 Å². The van der Waals surface area contributed by atoms with Crippen LogP contribution in [0.4, 0.5) is 0 Å². The Balaban J connectivity index is 1.92. The third kappa shape index (κ3) is 3.21. The van der Waals surface area contributed by atoms with E-state index >= 15 is 0 Å². The minimum Gasteiger partial charge on any atom is -0.330 e. The lowest BCUT2D eigenvalue weighted by molar-refractivity contribution is 0.289. The van der Waals surface area contributed by atoms with Crippen molar-refractivity contribution in [3.63, 3.8) is 0 Å². The third-order valence-electron chi connectivity index (χ3n) is 2.58. The molecule has 66 valence electrons. The van der Waals surface area contributed by atoms with Crippen molar-refractivity contribution in [3.8, 4) is 0 Å². The molecule has 0 heterocycles. The van der Waals surface area contributed by atoms with E-state index in [2.05, 4.69) is 12.2 Å². The fourth-order valence-corrected chi connectivity index (χ4v) is 1.42. The van der Waals surface area contributed by atoms with Gasteiger partial charge in [0.05, 0.1) is 0 Å². The average molecular weight is 156 g/mol. The molecule has 1 atom stereocenters. The molecule has 0 aromatic heterocycles. The second-order valence-corrected chi connectivity index (χ2v) is 3.68. The van der Waals surface area contributed by atoms with Crippen molar-refractivity contribution < 1.29 is 0 Å². The highest BCUT2D eigenvalue weighted by Gasteiger charge is 2.17. The molecule has 0 saturated heterocycles. The topological polar surface area (TPSA) is 38.0 Å². The van der Waals surface area contributed by atoms with Crippen molar-refractivity contribution in [1.29, 1.82) is 0 Å². The molecule has 0 aromatic carbocycles. The van der Waals surface area contributed by atoms with Crippen LogP contribution in [0.15, 0.2) is 0 Å². The first-order chi connectivity index (χ1) is 5.33. The molecule has 0 radical (unpaired) electrons. The zero-order chi connectivity index (χ0) is 8.10. The molecule has 3 N–H and O–H groups in total. The maximum Gasteiger partial charge on any atom is 0.00508 e. The Bertz CT molecular complexity index is 99.7. The molecule has 1 aliphatic carbocycles. The zero-order valence-electron chi connectivity index (χ0n) is 7.47. The fourth-order valence-electron chi connectivity index (χ4n) is 1.42. The third-order valence-corrected chi connectivity index (χ3v) is 2.58. The van der Waals surface area contributed by atoms with Gasteiger partial charge < -0.3 is 11.1 Å². The van der Waals surface area contributed by atoms with Crippen LogP contribution < -0.4 is 11.1 Å². The second kappa shape index (κ2) is 4.73. The van der Waals surface area contributed by atoms with Crippen LogP contribution in [0.1, 0.15) is 32.6 Å². The average Bonchev–Trinajstić information content (AvgIpc) is 1.85. The Morgan fingerprint density at radius 3 is 2.73 bits per heavy atom. The molecule has 0 amide bonds. The molecule has 11 heavy (non-hydrogen) atoms. The van der Waals surface area contributed by atoms with Crippen LogP contribution in [0, 0.1) is 5.92 Å². The van der Waals surface area contributed by atoms with E-state index in [-0.39, 0.29) is 0 Å². The van der Waals surface area contributed by atoms with E-state index in [0.29, 0.717) is 6.04 Å². The van der Waals surface area contributed by atoms with Crippen LogP contribution in [-0.2, 0) is 0 Å². The van der Waals surface area contributed by atoms with Crippen LogP contribution in [0.3, 0.4) is 0 Å². The Morgan fingerprint density at radius 2 is 2.27 bits per heavy atom. The van der Waals surface area contributed by atoms with Crippen LogP contribution in [0.5, 0.6) is 0 Å². The first-order valence-electron chi connectivity index (χ1n) is 4.76. The molecular weight excluding hydrogens is 136 g/mol. The van der Waals surface area contributed by atoms with Gasteiger partial charge in [-0.2, -0.15) is 0 Å². The second-order valence-electron chi connectivity index (χ2n) is 3.68. The fraction of sp³-hybridized carbons (Fsp3) is 1.00. The normalized spacial score (nSPS) is 21.3. The van der Waals surface area contributed by atoms with E-state index in [1.165, 1.54) is 25.8 Å². The van der Waals surface area contributed by atoms with Crippen molar-refractivity contribution in [2.24, 2.45) is 11.7 Å². The van der Waals surface area contributed by atoms with Gasteiger partial charge in [-0.05, 0) is 45.2 Å². The van der Waals surface area contributed by atoms with Gasteiger partial charge in [-0.15, -0.1) is 0 Å². The number of rotatable bonds is 5. The van der Waals surface area contributed by atoms with Gasteiger partial charge in [0.1, 0.15) is 0 Å². The smallest absolute Gasteiger partial charge is 0.00508 e. The van der Waals surface area contributed by atoms with Gasteiger partial charge in [-0.25, -0.2) is 0 Å². The summed E-state index contributed by atoms with van der Waals surface area (Å²) in [5.41, 5.74) is 5.44. The molecule has 1 unspecified atom stereocenters. The summed E-state index contributed by atoms with van der Waals surface area (Å²) >= 11 is 0. The number of hydrogen-bond donors (Lipinski definition) is 2. The summed E-state index contributed by atoms with van der Waals surface area (Å²) in [5.74, 6) is 0.968. The summed E-state index contributed by atoms with van der Waals surface area (Å²) in [4.78, 5) is 0. The van der Waals surface area contributed by atoms with Crippen LogP contribution in [0.25, 0.3) is 0 Å². The highest BCUT2D eigenvalue weighted by Crippen LogP contribution is 2.25. The van der Waals surface area contributed by atoms with E-state index in [1.54, 1.807) is 0 Å². The van der Waals surface area contributed by atoms with E-state index in [4.69, 9.17) is 5.73 Å². The largest absolute Gasteiger partial charge is 0.330 e. The molecular formula is C9H20N2. The summed E-state index contributed by atoms with van der Waals surface area (Å²) in [5, 5.41) is 3.51. The molecule has 1 saturated carbocycles. The Morgan fingerprint density at radius 1 is 1.55 bits per heavy atom. The van der Waals surface area contributed by atoms with E-state index in [9.17, 15) is 0 Å². The molecule has 0 aromatic rings. The lowest BCUT2D eigenvalue weighted by atomic mass is 9.85. The molecule has 0 aliphatic heterocycles. The molecule has 0 spiro atoms. The van der Waals surface area contributed by atoms with Crippen molar-refractivity contribution in [2.45, 2.75) is 38.6 Å². The van der Waals surface area contributed by atoms with Crippen molar-refractivity contribution in [2.75, 3.05) is 13.1 Å². The Kier molecular flexibility index (Phi) is 3.87. The van der Waals surface area contributed by atoms with Crippen LogP contribution in [0.2, 0.25) is 0 Å². The maximum atomic E-state index is 5.44. The van der Waals surface area contributed by atoms with Gasteiger partial charge in [-0.1, -0.05) is 6.42 Å². The number of hydrogen-bond acceptors (Lipinski definition) is 2. The monoisotopic (exact) mass is 156 g/mol. The van der Waals surface area contributed by atoms with E-state index in [0.717, 1.165) is 18.9 Å².